The van der Waals surface area contributed by atoms with Gasteiger partial charge in [0.1, 0.15) is 5.75 Å². The Kier molecular flexibility index (Phi) is 1.96. The Balaban J connectivity index is 2.30. The minimum atomic E-state index is -0.275. The first-order chi connectivity index (χ1) is 7.78. The molecule has 4 heteroatoms. The van der Waals surface area contributed by atoms with Crippen molar-refractivity contribution in [1.29, 1.82) is 0 Å². The van der Waals surface area contributed by atoms with Crippen molar-refractivity contribution in [3.8, 4) is 5.75 Å². The highest BCUT2D eigenvalue weighted by atomic mass is 16.5. The van der Waals surface area contributed by atoms with Gasteiger partial charge in [0.2, 0.25) is 0 Å². The van der Waals surface area contributed by atoms with E-state index in [-0.39, 0.29) is 5.69 Å². The number of rotatable bonds is 2. The standard InChI is InChI=1S/C12H12N2O2/c1-16-8-4-5-9-10(6-8)13-12(15)14-11(9)7-2-3-7/h4-7H,2-3H2,1H3,(H,13,14,15). The monoisotopic (exact) mass is 216 g/mol. The smallest absolute Gasteiger partial charge is 0.345 e. The molecule has 0 spiro atoms. The lowest BCUT2D eigenvalue weighted by molar-refractivity contribution is 0.415. The van der Waals surface area contributed by atoms with Gasteiger partial charge in [0, 0.05) is 17.1 Å². The highest BCUT2D eigenvalue weighted by molar-refractivity contribution is 5.82. The Morgan fingerprint density at radius 3 is 2.94 bits per heavy atom. The molecule has 1 heterocycles. The zero-order valence-corrected chi connectivity index (χ0v) is 8.99. The van der Waals surface area contributed by atoms with Gasteiger partial charge in [-0.2, -0.15) is 4.98 Å². The van der Waals surface area contributed by atoms with E-state index in [0.717, 1.165) is 29.7 Å². The summed E-state index contributed by atoms with van der Waals surface area (Å²) in [5.41, 5.74) is 1.46. The first-order valence-electron chi connectivity index (χ1n) is 5.36. The van der Waals surface area contributed by atoms with Crippen molar-refractivity contribution in [2.75, 3.05) is 7.11 Å². The van der Waals surface area contributed by atoms with E-state index in [9.17, 15) is 4.79 Å². The Hall–Kier alpha value is -1.84. The average molecular weight is 216 g/mol. The molecule has 1 N–H and O–H groups in total. The molecular weight excluding hydrogens is 204 g/mol. The fraction of sp³-hybridized carbons (Fsp3) is 0.333. The molecule has 82 valence electrons. The van der Waals surface area contributed by atoms with Crippen molar-refractivity contribution in [1.82, 2.24) is 9.97 Å². The molecule has 0 aliphatic heterocycles. The van der Waals surface area contributed by atoms with Gasteiger partial charge in [0.25, 0.3) is 0 Å². The second-order valence-corrected chi connectivity index (χ2v) is 4.11. The first-order valence-corrected chi connectivity index (χ1v) is 5.36. The molecule has 1 aromatic carbocycles. The Bertz CT molecular complexity index is 599. The van der Waals surface area contributed by atoms with E-state index in [1.54, 1.807) is 13.2 Å². The molecule has 0 unspecified atom stereocenters. The van der Waals surface area contributed by atoms with E-state index in [4.69, 9.17) is 4.74 Å². The van der Waals surface area contributed by atoms with E-state index in [1.165, 1.54) is 0 Å². The zero-order valence-electron chi connectivity index (χ0n) is 8.99. The number of fused-ring (bicyclic) bond motifs is 1. The van der Waals surface area contributed by atoms with Crippen molar-refractivity contribution in [2.24, 2.45) is 0 Å². The molecule has 16 heavy (non-hydrogen) atoms. The summed E-state index contributed by atoms with van der Waals surface area (Å²) in [4.78, 5) is 18.2. The maximum absolute atomic E-state index is 11.4. The number of nitrogens with one attached hydrogen (secondary N) is 1. The number of hydrogen-bond acceptors (Lipinski definition) is 3. The maximum atomic E-state index is 11.4. The SMILES string of the molecule is COc1ccc2c(C3CC3)[nH]c(=O)nc2c1. The van der Waals surface area contributed by atoms with Crippen LogP contribution >= 0.6 is 0 Å². The van der Waals surface area contributed by atoms with Gasteiger partial charge in [-0.3, -0.25) is 0 Å². The van der Waals surface area contributed by atoms with Crippen molar-refractivity contribution in [3.63, 3.8) is 0 Å². The van der Waals surface area contributed by atoms with Gasteiger partial charge >= 0.3 is 5.69 Å². The van der Waals surface area contributed by atoms with Gasteiger partial charge in [0.05, 0.1) is 12.6 Å². The predicted molar refractivity (Wildman–Crippen MR) is 60.9 cm³/mol. The van der Waals surface area contributed by atoms with Gasteiger partial charge < -0.3 is 9.72 Å². The van der Waals surface area contributed by atoms with Crippen LogP contribution in [-0.4, -0.2) is 17.1 Å². The van der Waals surface area contributed by atoms with E-state index < -0.39 is 0 Å². The first kappa shape index (κ1) is 9.39. The van der Waals surface area contributed by atoms with Gasteiger partial charge in [0.15, 0.2) is 0 Å². The van der Waals surface area contributed by atoms with Crippen LogP contribution in [0.2, 0.25) is 0 Å². The molecule has 1 aliphatic carbocycles. The van der Waals surface area contributed by atoms with Gasteiger partial charge in [-0.25, -0.2) is 4.79 Å². The van der Waals surface area contributed by atoms with Crippen LogP contribution in [0.1, 0.15) is 24.5 Å². The number of aromatic nitrogens is 2. The second-order valence-electron chi connectivity index (χ2n) is 4.11. The molecule has 0 atom stereocenters. The molecule has 1 fully saturated rings. The number of H-pyrrole nitrogens is 1. The van der Waals surface area contributed by atoms with E-state index in [2.05, 4.69) is 9.97 Å². The lowest BCUT2D eigenvalue weighted by Crippen LogP contribution is -2.12. The number of benzene rings is 1. The summed E-state index contributed by atoms with van der Waals surface area (Å²) < 4.78 is 5.13. The van der Waals surface area contributed by atoms with E-state index in [1.807, 2.05) is 12.1 Å². The van der Waals surface area contributed by atoms with Crippen LogP contribution < -0.4 is 10.4 Å². The lowest BCUT2D eigenvalue weighted by atomic mass is 10.1. The van der Waals surface area contributed by atoms with E-state index >= 15 is 0 Å². The van der Waals surface area contributed by atoms with Crippen LogP contribution in [-0.2, 0) is 0 Å². The molecule has 3 rings (SSSR count). The summed E-state index contributed by atoms with van der Waals surface area (Å²) in [6.07, 6.45) is 2.31. The van der Waals surface area contributed by atoms with Crippen LogP contribution in [0.5, 0.6) is 5.75 Å². The van der Waals surface area contributed by atoms with Crippen molar-refractivity contribution in [3.05, 3.63) is 34.4 Å². The molecule has 1 aromatic heterocycles. The number of methoxy groups -OCH3 is 1. The number of hydrogen-bond donors (Lipinski definition) is 1. The summed E-state index contributed by atoms with van der Waals surface area (Å²) in [6.45, 7) is 0. The minimum Gasteiger partial charge on any atom is -0.497 e. The van der Waals surface area contributed by atoms with Gasteiger partial charge in [-0.05, 0) is 30.9 Å². The van der Waals surface area contributed by atoms with Crippen molar-refractivity contribution >= 4 is 10.9 Å². The fourth-order valence-corrected chi connectivity index (χ4v) is 1.97. The summed E-state index contributed by atoms with van der Waals surface area (Å²) in [7, 11) is 1.61. The Morgan fingerprint density at radius 2 is 2.25 bits per heavy atom. The van der Waals surface area contributed by atoms with Crippen LogP contribution in [0.3, 0.4) is 0 Å². The molecule has 4 nitrogen and oxygen atoms in total. The second kappa shape index (κ2) is 3.33. The number of ether oxygens (including phenoxy) is 1. The molecule has 2 aromatic rings. The molecule has 0 radical (unpaired) electrons. The topological polar surface area (TPSA) is 55.0 Å². The Labute approximate surface area is 92.3 Å². The van der Waals surface area contributed by atoms with Gasteiger partial charge in [-0.15, -0.1) is 0 Å². The number of aromatic amines is 1. The quantitative estimate of drug-likeness (QED) is 0.832. The predicted octanol–water partition coefficient (Wildman–Crippen LogP) is 1.81. The van der Waals surface area contributed by atoms with Gasteiger partial charge in [-0.1, -0.05) is 0 Å². The minimum absolute atomic E-state index is 0.275. The van der Waals surface area contributed by atoms with Crippen LogP contribution in [0.4, 0.5) is 0 Å². The molecular formula is C12H12N2O2. The van der Waals surface area contributed by atoms with Crippen molar-refractivity contribution in [2.45, 2.75) is 18.8 Å². The normalized spacial score (nSPS) is 15.3. The largest absolute Gasteiger partial charge is 0.497 e. The molecule has 1 aliphatic rings. The molecule has 0 saturated heterocycles. The third-order valence-electron chi connectivity index (χ3n) is 2.94. The Morgan fingerprint density at radius 1 is 1.44 bits per heavy atom. The summed E-state index contributed by atoms with van der Waals surface area (Å²) >= 11 is 0. The molecule has 0 bridgehead atoms. The lowest BCUT2D eigenvalue weighted by Gasteiger charge is -2.05. The highest BCUT2D eigenvalue weighted by Crippen LogP contribution is 2.41. The summed E-state index contributed by atoms with van der Waals surface area (Å²) in [5.74, 6) is 1.24. The molecule has 1 saturated carbocycles. The maximum Gasteiger partial charge on any atom is 0.345 e. The molecule has 0 amide bonds. The zero-order chi connectivity index (χ0) is 11.1. The average Bonchev–Trinajstić information content (AvgIpc) is 3.10. The van der Waals surface area contributed by atoms with Crippen LogP contribution in [0, 0.1) is 0 Å². The highest BCUT2D eigenvalue weighted by Gasteiger charge is 2.26. The summed E-state index contributed by atoms with van der Waals surface area (Å²) in [5, 5.41) is 1.03. The van der Waals surface area contributed by atoms with Crippen LogP contribution in [0.15, 0.2) is 23.0 Å². The third kappa shape index (κ3) is 1.46. The van der Waals surface area contributed by atoms with Crippen LogP contribution in [0.25, 0.3) is 10.9 Å². The van der Waals surface area contributed by atoms with E-state index in [0.29, 0.717) is 11.4 Å². The third-order valence-corrected chi connectivity index (χ3v) is 2.94. The fourth-order valence-electron chi connectivity index (χ4n) is 1.97. The van der Waals surface area contributed by atoms with Crippen molar-refractivity contribution < 1.29 is 4.74 Å². The number of nitrogens with zero attached hydrogens (tertiary/aromatic N) is 1. The summed E-state index contributed by atoms with van der Waals surface area (Å²) in [6, 6.07) is 5.66.